The number of thioether (sulfide) groups is 1. The molecule has 3 N–H and O–H groups in total. The number of amides is 3. The van der Waals surface area contributed by atoms with Crippen LogP contribution in [0.25, 0.3) is 0 Å². The molecule has 3 aliphatic heterocycles. The number of aromatic nitrogens is 4. The van der Waals surface area contributed by atoms with Gasteiger partial charge in [-0.3, -0.25) is 19.3 Å². The monoisotopic (exact) mass is 485 g/mol. The molecule has 1 aromatic rings. The van der Waals surface area contributed by atoms with Crippen molar-refractivity contribution in [3.8, 4) is 0 Å². The Kier molecular flexibility index (Phi) is 6.61. The maximum absolute atomic E-state index is 12.9. The van der Waals surface area contributed by atoms with E-state index >= 15 is 0 Å². The normalized spacial score (nSPS) is 24.1. The summed E-state index contributed by atoms with van der Waals surface area (Å²) < 4.78 is 39.8. The van der Waals surface area contributed by atoms with Crippen molar-refractivity contribution < 1.29 is 37.5 Å². The van der Waals surface area contributed by atoms with Crippen molar-refractivity contribution in [1.82, 2.24) is 30.0 Å². The number of halogens is 3. The van der Waals surface area contributed by atoms with E-state index in [2.05, 4.69) is 15.5 Å². The molecule has 0 radical (unpaired) electrons. The predicted molar refractivity (Wildman–Crippen MR) is 99.8 cm³/mol. The molecule has 0 spiro atoms. The number of carboxylic acids is 1. The number of rotatable bonds is 6. The Hall–Kier alpha value is -2.17. The van der Waals surface area contributed by atoms with Gasteiger partial charge in [0.2, 0.25) is 11.1 Å². The molecule has 17 heteroatoms. The van der Waals surface area contributed by atoms with E-state index in [0.717, 1.165) is 21.3 Å². The van der Waals surface area contributed by atoms with Crippen molar-refractivity contribution in [3.63, 3.8) is 0 Å². The van der Waals surface area contributed by atoms with Gasteiger partial charge in [0.15, 0.2) is 0 Å². The van der Waals surface area contributed by atoms with Crippen LogP contribution in [0.5, 0.6) is 0 Å². The Balaban J connectivity index is 0.00000289. The molecule has 2 fully saturated rings. The number of carbonyl (C=O) groups excluding carboxylic acids is 3. The molecule has 32 heavy (non-hydrogen) atoms. The topological polar surface area (TPSA) is 165 Å². The van der Waals surface area contributed by atoms with Crippen molar-refractivity contribution in [2.24, 2.45) is 11.7 Å². The van der Waals surface area contributed by atoms with Crippen molar-refractivity contribution in [2.75, 3.05) is 12.3 Å². The van der Waals surface area contributed by atoms with Crippen LogP contribution < -0.4 is 5.73 Å². The molecule has 2 saturated heterocycles. The van der Waals surface area contributed by atoms with Gasteiger partial charge < -0.3 is 15.7 Å². The average Bonchev–Trinajstić information content (AvgIpc) is 3.25. The van der Waals surface area contributed by atoms with Crippen molar-refractivity contribution in [3.05, 3.63) is 11.3 Å². The van der Waals surface area contributed by atoms with Crippen molar-refractivity contribution in [1.29, 1.82) is 0 Å². The molecule has 1 aromatic heterocycles. The number of likely N-dealkylation sites (tertiary alicyclic amines) is 1. The van der Waals surface area contributed by atoms with Crippen LogP contribution in [0.1, 0.15) is 6.42 Å². The van der Waals surface area contributed by atoms with Crippen LogP contribution in [0.2, 0.25) is 0 Å². The average molecular weight is 485 g/mol. The molecular weight excluding hydrogens is 470 g/mol. The first-order valence-corrected chi connectivity index (χ1v) is 9.82. The first kappa shape index (κ1) is 24.5. The summed E-state index contributed by atoms with van der Waals surface area (Å²) in [6.45, 7) is -0.609. The molecule has 0 aromatic carbocycles. The molecule has 4 heterocycles. The van der Waals surface area contributed by atoms with Gasteiger partial charge in [0.25, 0.3) is 5.91 Å². The van der Waals surface area contributed by atoms with E-state index in [4.69, 9.17) is 5.73 Å². The van der Waals surface area contributed by atoms with E-state index in [1.807, 2.05) is 0 Å². The summed E-state index contributed by atoms with van der Waals surface area (Å²) in [6, 6.07) is -2.12. The summed E-state index contributed by atoms with van der Waals surface area (Å²) in [5.41, 5.74) is 5.09. The third-order valence-electron chi connectivity index (χ3n) is 5.33. The molecule has 12 nitrogen and oxygen atoms in total. The van der Waals surface area contributed by atoms with Gasteiger partial charge in [-0.25, -0.2) is 9.48 Å². The van der Waals surface area contributed by atoms with Gasteiger partial charge in [-0.05, 0) is 22.4 Å². The number of alkyl halides is 3. The molecule has 0 aliphatic carbocycles. The fourth-order valence-corrected chi connectivity index (χ4v) is 5.14. The van der Waals surface area contributed by atoms with Crippen LogP contribution in [-0.2, 0) is 25.7 Å². The summed E-state index contributed by atoms with van der Waals surface area (Å²) >= 11 is 0.989. The zero-order valence-corrected chi connectivity index (χ0v) is 16.3. The van der Waals surface area contributed by atoms with E-state index in [1.165, 1.54) is 0 Å². The van der Waals surface area contributed by atoms with E-state index in [9.17, 15) is 37.5 Å². The minimum atomic E-state index is -5.13. The molecule has 3 atom stereocenters. The number of nitrogens with two attached hydrogens (primary N) is 1. The number of β-lactam (4-membered cyclic amide) rings is 1. The fraction of sp³-hybridized carbons (Fsp3) is 0.533. The molecule has 0 bridgehead atoms. The third kappa shape index (κ3) is 3.99. The fourth-order valence-electron chi connectivity index (χ4n) is 4.24. The van der Waals surface area contributed by atoms with Gasteiger partial charge in [-0.2, -0.15) is 13.2 Å². The summed E-state index contributed by atoms with van der Waals surface area (Å²) in [4.78, 5) is 48.7. The Labute approximate surface area is 203 Å². The molecule has 3 aliphatic rings. The summed E-state index contributed by atoms with van der Waals surface area (Å²) in [5.74, 6) is -5.60. The molecule has 168 valence electrons. The van der Waals surface area contributed by atoms with Gasteiger partial charge >= 0.3 is 47.6 Å². The molecule has 3 amide bonds. The Morgan fingerprint density at radius 3 is 2.56 bits per heavy atom. The first-order valence-electron chi connectivity index (χ1n) is 8.84. The molecule has 0 saturated carbocycles. The number of primary amides is 1. The number of carbonyl (C=O) groups is 4. The van der Waals surface area contributed by atoms with Gasteiger partial charge in [-0.15, -0.1) is 5.10 Å². The standard InChI is InChI=1S/C15H14F3N7O5S.Na.H/c16-15(17,18)13(30)23-2-5-1-6(4-31-14-20-21-22-24(14)3-7(19)26)9(12(28)29)25-8(5)10(23)11(25)27;;/h5,8,10H,1-4H2,(H2,19,26)(H,28,29);;/t5-,8-,10+;;/m1../s1. The summed E-state index contributed by atoms with van der Waals surface area (Å²) in [6.07, 6.45) is -5.05. The van der Waals surface area contributed by atoms with E-state index in [-0.39, 0.29) is 65.7 Å². The van der Waals surface area contributed by atoms with Gasteiger partial charge in [-0.1, -0.05) is 11.8 Å². The van der Waals surface area contributed by atoms with Crippen LogP contribution in [0.3, 0.4) is 0 Å². The van der Waals surface area contributed by atoms with Crippen molar-refractivity contribution in [2.45, 2.75) is 36.4 Å². The van der Waals surface area contributed by atoms with Gasteiger partial charge in [0.05, 0.1) is 6.04 Å². The molecular formula is C15H15F3N7NaO5S. The quantitative estimate of drug-likeness (QED) is 0.262. The van der Waals surface area contributed by atoms with Crippen molar-refractivity contribution >= 4 is 65.0 Å². The van der Waals surface area contributed by atoms with Crippen LogP contribution >= 0.6 is 11.8 Å². The second kappa shape index (κ2) is 8.64. The second-order valence-electron chi connectivity index (χ2n) is 7.19. The zero-order valence-electron chi connectivity index (χ0n) is 15.4. The number of aliphatic carboxylic acids is 1. The first-order chi connectivity index (χ1) is 14.5. The molecule has 0 unspecified atom stereocenters. The summed E-state index contributed by atoms with van der Waals surface area (Å²) in [5, 5.41) is 20.6. The predicted octanol–water partition coefficient (Wildman–Crippen LogP) is -2.06. The number of tetrazole rings is 1. The SMILES string of the molecule is NC(=O)Cn1nnnc1SCC1=C(C(=O)O)N2C(=O)[C@@H]3[C@H]2[C@H](C1)CN3C(=O)C(F)(F)F.[NaH]. The van der Waals surface area contributed by atoms with Crippen LogP contribution in [0.4, 0.5) is 13.2 Å². The molecule has 4 rings (SSSR count). The van der Waals surface area contributed by atoms with Gasteiger partial charge in [0.1, 0.15) is 18.3 Å². The van der Waals surface area contributed by atoms with Gasteiger partial charge in [0, 0.05) is 18.2 Å². The Bertz CT molecular complexity index is 1030. The maximum atomic E-state index is 12.9. The Morgan fingerprint density at radius 1 is 1.28 bits per heavy atom. The Morgan fingerprint density at radius 2 is 1.97 bits per heavy atom. The van der Waals surface area contributed by atoms with Crippen LogP contribution in [0, 0.1) is 5.92 Å². The minimum absolute atomic E-state index is 0. The van der Waals surface area contributed by atoms with E-state index in [1.54, 1.807) is 0 Å². The second-order valence-corrected chi connectivity index (χ2v) is 8.14. The van der Waals surface area contributed by atoms with Crippen LogP contribution in [-0.4, -0.2) is 119 Å². The number of hydrogen-bond donors (Lipinski definition) is 2. The number of nitrogens with zero attached hydrogens (tertiary/aromatic N) is 6. The number of hydrogen-bond acceptors (Lipinski definition) is 8. The van der Waals surface area contributed by atoms with E-state index in [0.29, 0.717) is 10.5 Å². The zero-order chi connectivity index (χ0) is 22.7. The van der Waals surface area contributed by atoms with Crippen LogP contribution in [0.15, 0.2) is 16.4 Å². The van der Waals surface area contributed by atoms with E-state index < -0.39 is 47.9 Å². The summed E-state index contributed by atoms with van der Waals surface area (Å²) in [7, 11) is 0. The third-order valence-corrected chi connectivity index (χ3v) is 6.38. The number of carboxylic acid groups (broad SMARTS) is 1.